The third kappa shape index (κ3) is 10.2. The molecule has 0 saturated carbocycles. The maximum atomic E-state index is 5.46. The molecule has 156 valence electrons. The van der Waals surface area contributed by atoms with Gasteiger partial charge in [0.1, 0.15) is 0 Å². The van der Waals surface area contributed by atoms with Crippen LogP contribution in [-0.2, 0) is 4.74 Å². The summed E-state index contributed by atoms with van der Waals surface area (Å²) in [5, 5.41) is 10.9. The number of hydrogen-bond donors (Lipinski definition) is 5. The predicted molar refractivity (Wildman–Crippen MR) is 120 cm³/mol. The van der Waals surface area contributed by atoms with E-state index in [1.165, 1.54) is 0 Å². The van der Waals surface area contributed by atoms with Gasteiger partial charge < -0.3 is 20.7 Å². The zero-order valence-corrected chi connectivity index (χ0v) is 19.4. The molecule has 5 nitrogen and oxygen atoms in total. The SMILES string of the molecule is CC(C)NCC(NCCNC(CN1CCOCC1)C(C)(C)S)C(C)(C)S. The Bertz CT molecular complexity index is 377. The largest absolute Gasteiger partial charge is 0.379 e. The topological polar surface area (TPSA) is 48.6 Å². The van der Waals surface area contributed by atoms with Gasteiger partial charge in [0, 0.05) is 66.9 Å². The highest BCUT2D eigenvalue weighted by Gasteiger charge is 2.28. The molecule has 1 heterocycles. The van der Waals surface area contributed by atoms with Crippen LogP contribution in [0.15, 0.2) is 0 Å². The minimum absolute atomic E-state index is 0.0697. The smallest absolute Gasteiger partial charge is 0.0594 e. The van der Waals surface area contributed by atoms with Gasteiger partial charge in [-0.25, -0.2) is 0 Å². The molecule has 0 aromatic carbocycles. The molecule has 0 aromatic heterocycles. The Hall–Kier alpha value is 0.500. The summed E-state index contributed by atoms with van der Waals surface area (Å²) in [7, 11) is 0. The first-order valence-electron chi connectivity index (χ1n) is 9.95. The average Bonchev–Trinajstić information content (AvgIpc) is 2.51. The number of hydrogen-bond acceptors (Lipinski definition) is 7. The van der Waals surface area contributed by atoms with E-state index >= 15 is 0 Å². The quantitative estimate of drug-likeness (QED) is 0.252. The van der Waals surface area contributed by atoms with Crippen LogP contribution in [0, 0.1) is 0 Å². The van der Waals surface area contributed by atoms with Gasteiger partial charge >= 0.3 is 0 Å². The Morgan fingerprint density at radius 2 is 1.38 bits per heavy atom. The first-order chi connectivity index (χ1) is 12.0. The molecule has 0 aromatic rings. The highest BCUT2D eigenvalue weighted by molar-refractivity contribution is 7.82. The van der Waals surface area contributed by atoms with Gasteiger partial charge in [0.2, 0.25) is 0 Å². The van der Waals surface area contributed by atoms with Crippen LogP contribution in [0.4, 0.5) is 0 Å². The molecule has 3 N–H and O–H groups in total. The van der Waals surface area contributed by atoms with E-state index in [2.05, 4.69) is 62.4 Å². The standard InChI is InChI=1S/C19H42N4OS2/c1-15(2)22-13-16(18(3,4)25)20-7-8-21-17(19(5,6)26)14-23-9-11-24-12-10-23/h15-17,20-22,25-26H,7-14H2,1-6H3. The summed E-state index contributed by atoms with van der Waals surface area (Å²) in [5.74, 6) is 0. The molecule has 1 rings (SSSR count). The molecular weight excluding hydrogens is 364 g/mol. The van der Waals surface area contributed by atoms with Crippen molar-refractivity contribution in [3.05, 3.63) is 0 Å². The summed E-state index contributed by atoms with van der Waals surface area (Å²) in [6.07, 6.45) is 0. The van der Waals surface area contributed by atoms with Crippen LogP contribution in [-0.4, -0.2) is 85.0 Å². The molecule has 2 atom stereocenters. The Morgan fingerprint density at radius 3 is 1.85 bits per heavy atom. The summed E-state index contributed by atoms with van der Waals surface area (Å²) >= 11 is 9.61. The van der Waals surface area contributed by atoms with Crippen LogP contribution in [0.2, 0.25) is 0 Å². The highest BCUT2D eigenvalue weighted by Crippen LogP contribution is 2.19. The maximum absolute atomic E-state index is 5.46. The lowest BCUT2D eigenvalue weighted by atomic mass is 10.0. The van der Waals surface area contributed by atoms with Gasteiger partial charge in [0.05, 0.1) is 13.2 Å². The third-order valence-corrected chi connectivity index (χ3v) is 5.51. The number of thiol groups is 2. The van der Waals surface area contributed by atoms with Crippen molar-refractivity contribution in [2.75, 3.05) is 52.5 Å². The van der Waals surface area contributed by atoms with Gasteiger partial charge in [-0.3, -0.25) is 4.90 Å². The first kappa shape index (κ1) is 24.5. The lowest BCUT2D eigenvalue weighted by Gasteiger charge is -2.37. The van der Waals surface area contributed by atoms with E-state index in [4.69, 9.17) is 30.0 Å². The van der Waals surface area contributed by atoms with E-state index in [-0.39, 0.29) is 9.49 Å². The first-order valence-corrected chi connectivity index (χ1v) is 10.8. The molecule has 0 radical (unpaired) electrons. The number of nitrogens with zero attached hydrogens (tertiary/aromatic N) is 1. The summed E-state index contributed by atoms with van der Waals surface area (Å²) in [4.78, 5) is 2.47. The van der Waals surface area contributed by atoms with Gasteiger partial charge in [-0.15, -0.1) is 0 Å². The molecule has 0 spiro atoms. The minimum atomic E-state index is -0.0715. The van der Waals surface area contributed by atoms with Crippen LogP contribution < -0.4 is 16.0 Å². The molecule has 1 saturated heterocycles. The number of nitrogens with one attached hydrogen (secondary N) is 3. The van der Waals surface area contributed by atoms with Crippen molar-refractivity contribution in [1.82, 2.24) is 20.9 Å². The molecule has 0 aliphatic carbocycles. The summed E-state index contributed by atoms with van der Waals surface area (Å²) in [5.41, 5.74) is 0. The van der Waals surface area contributed by atoms with Crippen molar-refractivity contribution in [3.63, 3.8) is 0 Å². The second kappa shape index (κ2) is 11.5. The Morgan fingerprint density at radius 1 is 0.885 bits per heavy atom. The maximum Gasteiger partial charge on any atom is 0.0594 e. The van der Waals surface area contributed by atoms with E-state index in [1.807, 2.05) is 0 Å². The molecule has 2 unspecified atom stereocenters. The minimum Gasteiger partial charge on any atom is -0.379 e. The van der Waals surface area contributed by atoms with E-state index < -0.39 is 0 Å². The summed E-state index contributed by atoms with van der Waals surface area (Å²) in [6.45, 7) is 20.5. The van der Waals surface area contributed by atoms with Gasteiger partial charge in [-0.05, 0) is 27.7 Å². The number of morpholine rings is 1. The summed E-state index contributed by atoms with van der Waals surface area (Å²) in [6, 6.07) is 1.13. The van der Waals surface area contributed by atoms with Crippen molar-refractivity contribution in [3.8, 4) is 0 Å². The lowest BCUT2D eigenvalue weighted by Crippen LogP contribution is -2.56. The molecule has 0 amide bonds. The van der Waals surface area contributed by atoms with Crippen molar-refractivity contribution >= 4 is 25.3 Å². The van der Waals surface area contributed by atoms with Gasteiger partial charge in [-0.1, -0.05) is 13.8 Å². The van der Waals surface area contributed by atoms with E-state index in [0.717, 1.165) is 52.5 Å². The van der Waals surface area contributed by atoms with Gasteiger partial charge in [0.15, 0.2) is 0 Å². The molecule has 1 aliphatic rings. The fourth-order valence-corrected chi connectivity index (χ4v) is 3.35. The molecule has 0 bridgehead atoms. The number of rotatable bonds is 12. The molecule has 1 fully saturated rings. The number of ether oxygens (including phenoxy) is 1. The zero-order valence-electron chi connectivity index (χ0n) is 17.6. The monoisotopic (exact) mass is 406 g/mol. The van der Waals surface area contributed by atoms with E-state index in [0.29, 0.717) is 18.1 Å². The Labute approximate surface area is 172 Å². The zero-order chi connectivity index (χ0) is 19.8. The molecular formula is C19H42N4OS2. The van der Waals surface area contributed by atoms with Crippen LogP contribution >= 0.6 is 25.3 Å². The predicted octanol–water partition coefficient (Wildman–Crippen LogP) is 1.65. The molecule has 26 heavy (non-hydrogen) atoms. The van der Waals surface area contributed by atoms with Crippen LogP contribution in [0.5, 0.6) is 0 Å². The summed E-state index contributed by atoms with van der Waals surface area (Å²) < 4.78 is 5.32. The van der Waals surface area contributed by atoms with Crippen LogP contribution in [0.25, 0.3) is 0 Å². The molecule has 7 heteroatoms. The fourth-order valence-electron chi connectivity index (χ4n) is 3.00. The van der Waals surface area contributed by atoms with Crippen LogP contribution in [0.3, 0.4) is 0 Å². The Balaban J connectivity index is 2.44. The van der Waals surface area contributed by atoms with E-state index in [1.54, 1.807) is 0 Å². The Kier molecular flexibility index (Phi) is 10.8. The normalized spacial score (nSPS) is 19.7. The lowest BCUT2D eigenvalue weighted by molar-refractivity contribution is 0.0320. The van der Waals surface area contributed by atoms with Crippen molar-refractivity contribution < 1.29 is 4.74 Å². The van der Waals surface area contributed by atoms with Crippen molar-refractivity contribution in [2.45, 2.75) is 69.2 Å². The van der Waals surface area contributed by atoms with Gasteiger partial charge in [-0.2, -0.15) is 25.3 Å². The van der Waals surface area contributed by atoms with Crippen molar-refractivity contribution in [1.29, 1.82) is 0 Å². The van der Waals surface area contributed by atoms with E-state index in [9.17, 15) is 0 Å². The van der Waals surface area contributed by atoms with Crippen LogP contribution in [0.1, 0.15) is 41.5 Å². The van der Waals surface area contributed by atoms with Gasteiger partial charge in [0.25, 0.3) is 0 Å². The second-order valence-electron chi connectivity index (χ2n) is 8.80. The fraction of sp³-hybridized carbons (Fsp3) is 1.00. The van der Waals surface area contributed by atoms with Crippen molar-refractivity contribution in [2.24, 2.45) is 0 Å². The molecule has 1 aliphatic heterocycles. The second-order valence-corrected chi connectivity index (χ2v) is 11.1. The third-order valence-electron chi connectivity index (χ3n) is 4.89. The highest BCUT2D eigenvalue weighted by atomic mass is 32.1. The average molecular weight is 407 g/mol.